The third-order valence-electron chi connectivity index (χ3n) is 6.33. The van der Waals surface area contributed by atoms with Crippen LogP contribution in [0.2, 0.25) is 18.1 Å². The lowest BCUT2D eigenvalue weighted by Crippen LogP contribution is -2.47. The van der Waals surface area contributed by atoms with Gasteiger partial charge in [0.15, 0.2) is 0 Å². The van der Waals surface area contributed by atoms with Crippen molar-refractivity contribution in [3.8, 4) is 0 Å². The molecule has 0 radical (unpaired) electrons. The molecule has 1 aromatic rings. The Morgan fingerprint density at radius 2 is 1.10 bits per heavy atom. The minimum absolute atomic E-state index is 0.456. The molecule has 0 saturated heterocycles. The summed E-state index contributed by atoms with van der Waals surface area (Å²) >= 11 is 0. The first kappa shape index (κ1) is 26.3. The van der Waals surface area contributed by atoms with Crippen molar-refractivity contribution in [3.63, 3.8) is 0 Å². The van der Waals surface area contributed by atoms with Crippen molar-refractivity contribution in [3.05, 3.63) is 29.8 Å². The molecule has 0 aromatic heterocycles. The van der Waals surface area contributed by atoms with Gasteiger partial charge in [0.2, 0.25) is 0 Å². The van der Waals surface area contributed by atoms with Crippen molar-refractivity contribution in [2.24, 2.45) is 0 Å². The fourth-order valence-electron chi connectivity index (χ4n) is 4.50. The van der Waals surface area contributed by atoms with Gasteiger partial charge in [-0.15, -0.1) is 0 Å². The van der Waals surface area contributed by atoms with Crippen molar-refractivity contribution < 1.29 is 13.2 Å². The molecule has 0 nitrogen and oxygen atoms in total. The highest BCUT2D eigenvalue weighted by Crippen LogP contribution is 2.33. The molecule has 0 N–H and O–H groups in total. The quantitative estimate of drug-likeness (QED) is 0.182. The molecule has 0 aliphatic rings. The van der Waals surface area contributed by atoms with E-state index >= 15 is 0 Å². The fourth-order valence-corrected chi connectivity index (χ4v) is 9.81. The lowest BCUT2D eigenvalue weighted by molar-refractivity contribution is -0.137. The highest BCUT2D eigenvalue weighted by Gasteiger charge is 2.36. The monoisotopic (exact) mass is 428 g/mol. The smallest absolute Gasteiger partial charge is 0.166 e. The molecule has 0 amide bonds. The summed E-state index contributed by atoms with van der Waals surface area (Å²) < 4.78 is 40.3. The molecule has 168 valence electrons. The van der Waals surface area contributed by atoms with Gasteiger partial charge in [-0.2, -0.15) is 13.2 Å². The van der Waals surface area contributed by atoms with E-state index < -0.39 is 19.8 Å². The number of hydrogen-bond donors (Lipinski definition) is 0. The van der Waals surface area contributed by atoms with Crippen LogP contribution < -0.4 is 5.19 Å². The van der Waals surface area contributed by atoms with Crippen LogP contribution in [0, 0.1) is 0 Å². The van der Waals surface area contributed by atoms with E-state index in [1.54, 1.807) is 6.07 Å². The standard InChI is InChI=1S/C25H43F3Si/c1-4-7-10-13-19-29(20-14-11-8-5-2,21-15-12-9-6-3)24-18-16-17-23(22-24)25(26,27)28/h16-18,22H,4-15,19-21H2,1-3H3. The van der Waals surface area contributed by atoms with Crippen molar-refractivity contribution in [2.45, 2.75) is 122 Å². The maximum absolute atomic E-state index is 13.4. The van der Waals surface area contributed by atoms with Crippen LogP contribution in [0.4, 0.5) is 13.2 Å². The number of alkyl halides is 3. The number of hydrogen-bond acceptors (Lipinski definition) is 0. The van der Waals surface area contributed by atoms with Crippen LogP contribution in [0.15, 0.2) is 24.3 Å². The zero-order chi connectivity index (χ0) is 21.6. The van der Waals surface area contributed by atoms with Crippen molar-refractivity contribution in [1.82, 2.24) is 0 Å². The van der Waals surface area contributed by atoms with Crippen LogP contribution in [0.1, 0.15) is 103 Å². The Hall–Kier alpha value is -0.773. The molecule has 1 rings (SSSR count). The summed E-state index contributed by atoms with van der Waals surface area (Å²) in [6, 6.07) is 9.93. The summed E-state index contributed by atoms with van der Waals surface area (Å²) in [7, 11) is -1.93. The van der Waals surface area contributed by atoms with Crippen LogP contribution in [0.25, 0.3) is 0 Å². The summed E-state index contributed by atoms with van der Waals surface area (Å²) in [4.78, 5) is 0. The van der Waals surface area contributed by atoms with E-state index in [4.69, 9.17) is 0 Å². The largest absolute Gasteiger partial charge is 0.416 e. The molecule has 29 heavy (non-hydrogen) atoms. The van der Waals surface area contributed by atoms with Crippen LogP contribution in [0.3, 0.4) is 0 Å². The van der Waals surface area contributed by atoms with Crippen LogP contribution in [-0.4, -0.2) is 8.07 Å². The van der Waals surface area contributed by atoms with E-state index in [9.17, 15) is 13.2 Å². The number of halogens is 3. The minimum atomic E-state index is -4.25. The Labute approximate surface area is 178 Å². The van der Waals surface area contributed by atoms with E-state index in [0.29, 0.717) is 0 Å². The number of unbranched alkanes of at least 4 members (excludes halogenated alkanes) is 9. The molecule has 0 atom stereocenters. The van der Waals surface area contributed by atoms with E-state index in [-0.39, 0.29) is 0 Å². The maximum Gasteiger partial charge on any atom is 0.416 e. The molecule has 0 saturated carbocycles. The first-order valence-corrected chi connectivity index (χ1v) is 14.7. The molecule has 0 spiro atoms. The lowest BCUT2D eigenvalue weighted by Gasteiger charge is -2.34. The van der Waals surface area contributed by atoms with Crippen LogP contribution in [0.5, 0.6) is 0 Å². The molecule has 1 aromatic carbocycles. The van der Waals surface area contributed by atoms with Crippen LogP contribution in [-0.2, 0) is 6.18 Å². The van der Waals surface area contributed by atoms with Crippen molar-refractivity contribution in [1.29, 1.82) is 0 Å². The molecule has 4 heteroatoms. The fraction of sp³-hybridized carbons (Fsp3) is 0.760. The normalized spacial score (nSPS) is 12.5. The lowest BCUT2D eigenvalue weighted by atomic mass is 10.2. The Balaban J connectivity index is 3.13. The van der Waals surface area contributed by atoms with Crippen LogP contribution >= 0.6 is 0 Å². The number of rotatable bonds is 16. The minimum Gasteiger partial charge on any atom is -0.166 e. The van der Waals surface area contributed by atoms with Crippen molar-refractivity contribution >= 4 is 13.3 Å². The second-order valence-corrected chi connectivity index (χ2v) is 13.4. The van der Waals surface area contributed by atoms with Crippen molar-refractivity contribution in [2.75, 3.05) is 0 Å². The first-order valence-electron chi connectivity index (χ1n) is 12.1. The predicted octanol–water partition coefficient (Wildman–Crippen LogP) is 9.10. The summed E-state index contributed by atoms with van der Waals surface area (Å²) in [5.74, 6) is 0. The zero-order valence-corrected chi connectivity index (χ0v) is 20.0. The topological polar surface area (TPSA) is 0 Å². The number of benzene rings is 1. The highest BCUT2D eigenvalue weighted by atomic mass is 28.3. The van der Waals surface area contributed by atoms with Gasteiger partial charge in [-0.3, -0.25) is 0 Å². The summed E-state index contributed by atoms with van der Waals surface area (Å²) in [5, 5.41) is 1.07. The molecule has 0 aliphatic carbocycles. The molecule has 0 heterocycles. The molecular weight excluding hydrogens is 385 g/mol. The average molecular weight is 429 g/mol. The van der Waals surface area contributed by atoms with E-state index in [2.05, 4.69) is 20.8 Å². The van der Waals surface area contributed by atoms with E-state index in [1.807, 2.05) is 6.07 Å². The molecule has 0 bridgehead atoms. The SMILES string of the molecule is CCCCCC[Si](CCCCCC)(CCCCCC)c1cccc(C(F)(F)F)c1. The third-order valence-corrected chi connectivity index (χ3v) is 11.8. The molecule has 0 fully saturated rings. The highest BCUT2D eigenvalue weighted by molar-refractivity contribution is 6.91. The van der Waals surface area contributed by atoms with Gasteiger partial charge < -0.3 is 0 Å². The Kier molecular flexibility index (Phi) is 12.9. The Morgan fingerprint density at radius 1 is 0.655 bits per heavy atom. The Bertz CT molecular complexity index is 508. The van der Waals surface area contributed by atoms with E-state index in [0.717, 1.165) is 23.3 Å². The van der Waals surface area contributed by atoms with Gasteiger partial charge in [0.25, 0.3) is 0 Å². The zero-order valence-electron chi connectivity index (χ0n) is 19.0. The van der Waals surface area contributed by atoms with Gasteiger partial charge >= 0.3 is 6.18 Å². The van der Waals surface area contributed by atoms with Gasteiger partial charge in [0.1, 0.15) is 0 Å². The molecule has 0 unspecified atom stereocenters. The molecule has 0 aliphatic heterocycles. The average Bonchev–Trinajstić information content (AvgIpc) is 2.70. The summed E-state index contributed by atoms with van der Waals surface area (Å²) in [6.07, 6.45) is 10.2. The summed E-state index contributed by atoms with van der Waals surface area (Å²) in [6.45, 7) is 6.65. The maximum atomic E-state index is 13.4. The van der Waals surface area contributed by atoms with Gasteiger partial charge in [-0.25, -0.2) is 0 Å². The second-order valence-electron chi connectivity index (χ2n) is 8.79. The van der Waals surface area contributed by atoms with Gasteiger partial charge in [-0.1, -0.05) is 145 Å². The van der Waals surface area contributed by atoms with Gasteiger partial charge in [-0.05, 0) is 0 Å². The van der Waals surface area contributed by atoms with Gasteiger partial charge in [0, 0.05) is 0 Å². The Morgan fingerprint density at radius 3 is 1.48 bits per heavy atom. The second kappa shape index (κ2) is 14.3. The van der Waals surface area contributed by atoms with E-state index in [1.165, 1.54) is 89.2 Å². The third kappa shape index (κ3) is 9.72. The first-order chi connectivity index (χ1) is 13.9. The summed E-state index contributed by atoms with van der Waals surface area (Å²) in [5.41, 5.74) is -0.456. The molecular formula is C25H43F3Si. The predicted molar refractivity (Wildman–Crippen MR) is 124 cm³/mol. The van der Waals surface area contributed by atoms with Gasteiger partial charge in [0.05, 0.1) is 13.6 Å².